The highest BCUT2D eigenvalue weighted by molar-refractivity contribution is 5.89. The Bertz CT molecular complexity index is 1030. The standard InChI is InChI=1S/C23H28FN5O/c1-16-10-17(2)29(27-16)14-19-6-5-7-21(12-19)26-23(30)25-13-18-8-9-22(24)20(11-18)15-28(3)4/h5-12H,13-15H2,1-4H3,(H2,25,26,30). The highest BCUT2D eigenvalue weighted by Crippen LogP contribution is 2.14. The molecule has 0 atom stereocenters. The molecule has 3 aromatic rings. The molecule has 1 aromatic heterocycles. The summed E-state index contributed by atoms with van der Waals surface area (Å²) in [7, 11) is 3.78. The summed E-state index contributed by atoms with van der Waals surface area (Å²) in [5.41, 5.74) is 5.29. The van der Waals surface area contributed by atoms with Gasteiger partial charge in [0, 0.05) is 30.0 Å². The smallest absolute Gasteiger partial charge is 0.319 e. The number of aromatic nitrogens is 2. The minimum absolute atomic E-state index is 0.240. The lowest BCUT2D eigenvalue weighted by Crippen LogP contribution is -2.28. The molecule has 0 saturated heterocycles. The summed E-state index contributed by atoms with van der Waals surface area (Å²) in [4.78, 5) is 14.2. The van der Waals surface area contributed by atoms with Gasteiger partial charge in [-0.25, -0.2) is 9.18 Å². The predicted molar refractivity (Wildman–Crippen MR) is 117 cm³/mol. The van der Waals surface area contributed by atoms with Crippen molar-refractivity contribution < 1.29 is 9.18 Å². The number of hydrogen-bond acceptors (Lipinski definition) is 3. The number of halogens is 1. The normalized spacial score (nSPS) is 11.0. The molecule has 0 radical (unpaired) electrons. The third-order valence-electron chi connectivity index (χ3n) is 4.67. The molecule has 158 valence electrons. The van der Waals surface area contributed by atoms with Gasteiger partial charge in [0.05, 0.1) is 12.2 Å². The molecule has 3 rings (SSSR count). The number of aryl methyl sites for hydroxylation is 2. The van der Waals surface area contributed by atoms with Crippen LogP contribution in [0, 0.1) is 19.7 Å². The van der Waals surface area contributed by atoms with Crippen LogP contribution in [0.2, 0.25) is 0 Å². The van der Waals surface area contributed by atoms with Crippen LogP contribution >= 0.6 is 0 Å². The van der Waals surface area contributed by atoms with Gasteiger partial charge in [0.15, 0.2) is 0 Å². The molecular weight excluding hydrogens is 381 g/mol. The number of benzene rings is 2. The van der Waals surface area contributed by atoms with Gasteiger partial charge in [-0.2, -0.15) is 5.10 Å². The maximum Gasteiger partial charge on any atom is 0.319 e. The number of carbonyl (C=O) groups is 1. The minimum Gasteiger partial charge on any atom is -0.334 e. The average Bonchev–Trinajstić information content (AvgIpc) is 2.99. The van der Waals surface area contributed by atoms with Gasteiger partial charge >= 0.3 is 6.03 Å². The Morgan fingerprint density at radius 2 is 1.90 bits per heavy atom. The molecule has 0 aliphatic heterocycles. The first kappa shape index (κ1) is 21.5. The fourth-order valence-corrected chi connectivity index (χ4v) is 3.31. The van der Waals surface area contributed by atoms with Crippen LogP contribution in [0.4, 0.5) is 14.9 Å². The molecule has 0 unspecified atom stereocenters. The van der Waals surface area contributed by atoms with Gasteiger partial charge in [-0.1, -0.05) is 18.2 Å². The van der Waals surface area contributed by atoms with E-state index in [1.54, 1.807) is 12.1 Å². The number of anilines is 1. The van der Waals surface area contributed by atoms with E-state index in [0.29, 0.717) is 30.9 Å². The Hall–Kier alpha value is -3.19. The van der Waals surface area contributed by atoms with Crippen LogP contribution in [0.1, 0.15) is 28.1 Å². The topological polar surface area (TPSA) is 62.2 Å². The Morgan fingerprint density at radius 3 is 2.60 bits per heavy atom. The molecule has 2 aromatic carbocycles. The third kappa shape index (κ3) is 5.90. The molecule has 0 bridgehead atoms. The number of urea groups is 1. The van der Waals surface area contributed by atoms with Crippen LogP contribution in [0.15, 0.2) is 48.5 Å². The van der Waals surface area contributed by atoms with Crippen LogP contribution in [0.5, 0.6) is 0 Å². The molecule has 2 amide bonds. The van der Waals surface area contributed by atoms with E-state index in [-0.39, 0.29) is 11.8 Å². The maximum absolute atomic E-state index is 13.9. The first-order valence-corrected chi connectivity index (χ1v) is 9.87. The zero-order valence-electron chi connectivity index (χ0n) is 17.9. The molecule has 0 fully saturated rings. The van der Waals surface area contributed by atoms with Crippen molar-refractivity contribution in [1.29, 1.82) is 0 Å². The van der Waals surface area contributed by atoms with E-state index in [9.17, 15) is 9.18 Å². The van der Waals surface area contributed by atoms with Gasteiger partial charge in [-0.05, 0) is 69.4 Å². The molecule has 0 spiro atoms. The molecule has 7 heteroatoms. The number of amides is 2. The lowest BCUT2D eigenvalue weighted by molar-refractivity contribution is 0.251. The summed E-state index contributed by atoms with van der Waals surface area (Å²) in [6.07, 6.45) is 0. The van der Waals surface area contributed by atoms with E-state index in [1.165, 1.54) is 6.07 Å². The summed E-state index contributed by atoms with van der Waals surface area (Å²) < 4.78 is 15.8. The van der Waals surface area contributed by atoms with Gasteiger partial charge in [0.2, 0.25) is 0 Å². The lowest BCUT2D eigenvalue weighted by Gasteiger charge is -2.13. The number of rotatable bonds is 7. The Labute approximate surface area is 176 Å². The van der Waals surface area contributed by atoms with Gasteiger partial charge in [-0.3, -0.25) is 4.68 Å². The molecule has 30 heavy (non-hydrogen) atoms. The fourth-order valence-electron chi connectivity index (χ4n) is 3.31. The van der Waals surface area contributed by atoms with Crippen molar-refractivity contribution in [3.63, 3.8) is 0 Å². The average molecular weight is 410 g/mol. The molecule has 0 aliphatic rings. The van der Waals surface area contributed by atoms with Crippen molar-refractivity contribution in [2.75, 3.05) is 19.4 Å². The van der Waals surface area contributed by atoms with Crippen LogP contribution in [-0.2, 0) is 19.6 Å². The summed E-state index contributed by atoms with van der Waals surface area (Å²) in [6, 6.07) is 14.3. The van der Waals surface area contributed by atoms with Crippen molar-refractivity contribution in [1.82, 2.24) is 20.0 Å². The Balaban J connectivity index is 1.58. The van der Waals surface area contributed by atoms with Crippen molar-refractivity contribution in [2.45, 2.75) is 33.5 Å². The van der Waals surface area contributed by atoms with Crippen molar-refractivity contribution in [3.8, 4) is 0 Å². The maximum atomic E-state index is 13.9. The van der Waals surface area contributed by atoms with E-state index in [0.717, 1.165) is 22.5 Å². The van der Waals surface area contributed by atoms with E-state index in [2.05, 4.69) is 15.7 Å². The fraction of sp³-hybridized carbons (Fsp3) is 0.304. The minimum atomic E-state index is -0.309. The summed E-state index contributed by atoms with van der Waals surface area (Å²) in [5.74, 6) is -0.240. The van der Waals surface area contributed by atoms with Crippen molar-refractivity contribution in [2.24, 2.45) is 0 Å². The van der Waals surface area contributed by atoms with E-state index >= 15 is 0 Å². The summed E-state index contributed by atoms with van der Waals surface area (Å²) >= 11 is 0. The molecule has 0 saturated carbocycles. The SMILES string of the molecule is Cc1cc(C)n(Cc2cccc(NC(=O)NCc3ccc(F)c(CN(C)C)c3)c2)n1. The molecular formula is C23H28FN5O. The zero-order chi connectivity index (χ0) is 21.7. The lowest BCUT2D eigenvalue weighted by atomic mass is 10.1. The van der Waals surface area contributed by atoms with Crippen molar-refractivity contribution in [3.05, 3.63) is 82.4 Å². The second-order valence-electron chi connectivity index (χ2n) is 7.76. The van der Waals surface area contributed by atoms with Crippen LogP contribution in [-0.4, -0.2) is 34.8 Å². The number of nitrogens with zero attached hydrogens (tertiary/aromatic N) is 3. The second-order valence-corrected chi connectivity index (χ2v) is 7.76. The first-order chi connectivity index (χ1) is 14.3. The van der Waals surface area contributed by atoms with Crippen LogP contribution < -0.4 is 10.6 Å². The highest BCUT2D eigenvalue weighted by Gasteiger charge is 2.08. The zero-order valence-corrected chi connectivity index (χ0v) is 17.9. The predicted octanol–water partition coefficient (Wildman–Crippen LogP) is 4.07. The van der Waals surface area contributed by atoms with Gasteiger partial charge in [-0.15, -0.1) is 0 Å². The summed E-state index contributed by atoms with van der Waals surface area (Å²) in [6.45, 7) is 5.46. The van der Waals surface area contributed by atoms with E-state index < -0.39 is 0 Å². The van der Waals surface area contributed by atoms with Crippen molar-refractivity contribution >= 4 is 11.7 Å². The number of carbonyl (C=O) groups excluding carboxylic acids is 1. The second kappa shape index (κ2) is 9.54. The monoisotopic (exact) mass is 409 g/mol. The van der Waals surface area contributed by atoms with E-state index in [1.807, 2.05) is 67.9 Å². The van der Waals surface area contributed by atoms with Gasteiger partial charge in [0.25, 0.3) is 0 Å². The van der Waals surface area contributed by atoms with Gasteiger partial charge in [0.1, 0.15) is 5.82 Å². The molecule has 0 aliphatic carbocycles. The van der Waals surface area contributed by atoms with Crippen LogP contribution in [0.25, 0.3) is 0 Å². The Morgan fingerprint density at radius 1 is 1.10 bits per heavy atom. The van der Waals surface area contributed by atoms with E-state index in [4.69, 9.17) is 0 Å². The number of nitrogens with one attached hydrogen (secondary N) is 2. The largest absolute Gasteiger partial charge is 0.334 e. The quantitative estimate of drug-likeness (QED) is 0.618. The first-order valence-electron chi connectivity index (χ1n) is 9.87. The van der Waals surface area contributed by atoms with Crippen LogP contribution in [0.3, 0.4) is 0 Å². The molecule has 1 heterocycles. The third-order valence-corrected chi connectivity index (χ3v) is 4.67. The molecule has 2 N–H and O–H groups in total. The van der Waals surface area contributed by atoms with Gasteiger partial charge < -0.3 is 15.5 Å². The summed E-state index contributed by atoms with van der Waals surface area (Å²) in [5, 5.41) is 10.2. The number of hydrogen-bond donors (Lipinski definition) is 2. The molecule has 6 nitrogen and oxygen atoms in total. The highest BCUT2D eigenvalue weighted by atomic mass is 19.1. The Kier molecular flexibility index (Phi) is 6.84.